The monoisotopic (exact) mass is 77.0 g/mol. The van der Waals surface area contributed by atoms with Gasteiger partial charge in [-0.3, -0.25) is 4.89 Å². The SMILES string of the molecule is NC(=O)OO. The predicted molar refractivity (Wildman–Crippen MR) is 13.3 cm³/mol. The fraction of sp³-hybridized carbons (Fsp3) is 0. The standard InChI is InChI=1S/CH3NO3/c2-1(3)5-4/h4H,(H2,2,3). The Morgan fingerprint density at radius 3 is 2.20 bits per heavy atom. The third-order valence-corrected chi connectivity index (χ3v) is 0.0900. The van der Waals surface area contributed by atoms with E-state index in [1.165, 1.54) is 0 Å². The van der Waals surface area contributed by atoms with Gasteiger partial charge in [0.05, 0.1) is 0 Å². The quantitative estimate of drug-likeness (QED) is 0.304. The summed E-state index contributed by atoms with van der Waals surface area (Å²) in [6, 6.07) is 0. The van der Waals surface area contributed by atoms with Crippen molar-refractivity contribution in [2.75, 3.05) is 0 Å². The summed E-state index contributed by atoms with van der Waals surface area (Å²) in [5.74, 6) is 0. The number of carbonyl (C=O) groups excluding carboxylic acids is 1. The van der Waals surface area contributed by atoms with Crippen LogP contribution >= 0.6 is 0 Å². The first-order valence-electron chi connectivity index (χ1n) is 0.879. The van der Waals surface area contributed by atoms with Crippen molar-refractivity contribution in [3.05, 3.63) is 0 Å². The Bertz CT molecular complexity index is 42.2. The third kappa shape index (κ3) is 3.23. The molecular formula is CH3NO3. The molecule has 0 aromatic rings. The van der Waals surface area contributed by atoms with E-state index in [0.29, 0.717) is 0 Å². The summed E-state index contributed by atoms with van der Waals surface area (Å²) in [4.78, 5) is 12.0. The average Bonchev–Trinajstić information content (AvgIpc) is 1.38. The minimum Gasteiger partial charge on any atom is -0.333 e. The van der Waals surface area contributed by atoms with Crippen LogP contribution in [0.1, 0.15) is 0 Å². The zero-order valence-corrected chi connectivity index (χ0v) is 2.34. The topological polar surface area (TPSA) is 72.6 Å². The maximum atomic E-state index is 9.12. The van der Waals surface area contributed by atoms with Crippen molar-refractivity contribution in [1.29, 1.82) is 0 Å². The lowest BCUT2D eigenvalue weighted by Gasteiger charge is -1.76. The van der Waals surface area contributed by atoms with Crippen molar-refractivity contribution < 1.29 is 14.9 Å². The summed E-state index contributed by atoms with van der Waals surface area (Å²) in [6.45, 7) is 0. The second-order valence-electron chi connectivity index (χ2n) is 0.410. The first kappa shape index (κ1) is 4.23. The van der Waals surface area contributed by atoms with E-state index < -0.39 is 6.09 Å². The molecule has 0 atom stereocenters. The molecule has 0 heterocycles. The molecule has 1 amide bonds. The van der Waals surface area contributed by atoms with E-state index in [-0.39, 0.29) is 0 Å². The molecule has 0 aliphatic rings. The van der Waals surface area contributed by atoms with Crippen LogP contribution in [0.4, 0.5) is 4.79 Å². The molecule has 0 aromatic heterocycles. The summed E-state index contributed by atoms with van der Waals surface area (Å²) >= 11 is 0. The molecule has 4 heteroatoms. The molecule has 0 aromatic carbocycles. The highest BCUT2D eigenvalue weighted by Gasteiger charge is 1.79. The number of primary amides is 1. The van der Waals surface area contributed by atoms with E-state index in [9.17, 15) is 0 Å². The maximum absolute atomic E-state index is 9.12. The van der Waals surface area contributed by atoms with Crippen LogP contribution in [-0.2, 0) is 4.89 Å². The number of hydrogen-bond donors (Lipinski definition) is 2. The van der Waals surface area contributed by atoms with E-state index in [4.69, 9.17) is 10.1 Å². The van der Waals surface area contributed by atoms with Gasteiger partial charge in [-0.05, 0) is 0 Å². The Morgan fingerprint density at radius 2 is 2.20 bits per heavy atom. The number of nitrogens with two attached hydrogens (primary N) is 1. The van der Waals surface area contributed by atoms with E-state index >= 15 is 0 Å². The van der Waals surface area contributed by atoms with Crippen molar-refractivity contribution in [1.82, 2.24) is 0 Å². The van der Waals surface area contributed by atoms with Crippen LogP contribution in [0.3, 0.4) is 0 Å². The van der Waals surface area contributed by atoms with E-state index in [2.05, 4.69) is 10.6 Å². The molecule has 5 heavy (non-hydrogen) atoms. The van der Waals surface area contributed by atoms with Gasteiger partial charge in [0, 0.05) is 0 Å². The van der Waals surface area contributed by atoms with Gasteiger partial charge in [0.15, 0.2) is 0 Å². The van der Waals surface area contributed by atoms with Crippen molar-refractivity contribution in [3.63, 3.8) is 0 Å². The molecule has 0 bridgehead atoms. The Hall–Kier alpha value is -0.770. The zero-order chi connectivity index (χ0) is 4.28. The van der Waals surface area contributed by atoms with Crippen LogP contribution in [0, 0.1) is 0 Å². The van der Waals surface area contributed by atoms with Gasteiger partial charge < -0.3 is 5.73 Å². The van der Waals surface area contributed by atoms with Gasteiger partial charge in [-0.2, -0.15) is 5.26 Å². The van der Waals surface area contributed by atoms with Crippen LogP contribution in [0.5, 0.6) is 0 Å². The molecule has 3 N–H and O–H groups in total. The summed E-state index contributed by atoms with van der Waals surface area (Å²) in [7, 11) is 0. The van der Waals surface area contributed by atoms with E-state index in [1.54, 1.807) is 0 Å². The molecule has 0 saturated carbocycles. The van der Waals surface area contributed by atoms with Crippen LogP contribution in [0.25, 0.3) is 0 Å². The lowest BCUT2D eigenvalue weighted by molar-refractivity contribution is -0.174. The van der Waals surface area contributed by atoms with E-state index in [0.717, 1.165) is 0 Å². The first-order chi connectivity index (χ1) is 2.27. The molecule has 0 fully saturated rings. The second kappa shape index (κ2) is 1.54. The largest absolute Gasteiger partial charge is 0.435 e. The molecule has 0 spiro atoms. The second-order valence-corrected chi connectivity index (χ2v) is 0.410. The normalized spacial score (nSPS) is 6.60. The Morgan fingerprint density at radius 1 is 2.00 bits per heavy atom. The van der Waals surface area contributed by atoms with Crippen molar-refractivity contribution in [3.8, 4) is 0 Å². The number of carbonyl (C=O) groups is 1. The van der Waals surface area contributed by atoms with E-state index in [1.807, 2.05) is 0 Å². The molecule has 30 valence electrons. The highest BCUT2D eigenvalue weighted by atomic mass is 17.1. The van der Waals surface area contributed by atoms with Gasteiger partial charge >= 0.3 is 6.09 Å². The Kier molecular flexibility index (Phi) is 1.30. The molecule has 0 radical (unpaired) electrons. The van der Waals surface area contributed by atoms with Gasteiger partial charge in [0.2, 0.25) is 0 Å². The average molecular weight is 77.0 g/mol. The predicted octanol–water partition coefficient (Wildman–Crippen LogP) is -0.445. The minimum absolute atomic E-state index is 1.19. The molecule has 4 nitrogen and oxygen atoms in total. The highest BCUT2D eigenvalue weighted by molar-refractivity contribution is 5.63. The first-order valence-corrected chi connectivity index (χ1v) is 0.879. The summed E-state index contributed by atoms with van der Waals surface area (Å²) in [5.41, 5.74) is 4.18. The van der Waals surface area contributed by atoms with Gasteiger partial charge in [-0.1, -0.05) is 0 Å². The molecule has 0 aliphatic carbocycles. The summed E-state index contributed by atoms with van der Waals surface area (Å²) < 4.78 is 0. The van der Waals surface area contributed by atoms with Crippen LogP contribution < -0.4 is 5.73 Å². The molecular weight excluding hydrogens is 74.0 g/mol. The maximum Gasteiger partial charge on any atom is 0.435 e. The Balaban J connectivity index is 2.85. The minimum atomic E-state index is -1.19. The smallest absolute Gasteiger partial charge is 0.333 e. The number of hydrogen-bond acceptors (Lipinski definition) is 3. The fourth-order valence-electron chi connectivity index (χ4n) is 0. The number of rotatable bonds is 0. The van der Waals surface area contributed by atoms with Crippen molar-refractivity contribution >= 4 is 6.09 Å². The molecule has 0 aliphatic heterocycles. The van der Waals surface area contributed by atoms with Gasteiger partial charge in [0.25, 0.3) is 0 Å². The molecule has 0 rings (SSSR count). The third-order valence-electron chi connectivity index (χ3n) is 0.0900. The summed E-state index contributed by atoms with van der Waals surface area (Å²) in [6.07, 6.45) is -1.19. The molecule has 0 unspecified atom stereocenters. The molecule has 0 saturated heterocycles. The lowest BCUT2D eigenvalue weighted by Crippen LogP contribution is -2.09. The zero-order valence-electron chi connectivity index (χ0n) is 2.34. The van der Waals surface area contributed by atoms with Gasteiger partial charge in [-0.25, -0.2) is 4.79 Å². The summed E-state index contributed by atoms with van der Waals surface area (Å²) in [5, 5.41) is 7.17. The van der Waals surface area contributed by atoms with Gasteiger partial charge in [0.1, 0.15) is 0 Å². The number of amides is 1. The van der Waals surface area contributed by atoms with Crippen LogP contribution in [-0.4, -0.2) is 11.4 Å². The van der Waals surface area contributed by atoms with Crippen molar-refractivity contribution in [2.45, 2.75) is 0 Å². The fourth-order valence-corrected chi connectivity index (χ4v) is 0. The highest BCUT2D eigenvalue weighted by Crippen LogP contribution is 1.54. The van der Waals surface area contributed by atoms with Crippen molar-refractivity contribution in [2.24, 2.45) is 5.73 Å². The van der Waals surface area contributed by atoms with Gasteiger partial charge in [-0.15, -0.1) is 0 Å². The lowest BCUT2D eigenvalue weighted by atomic mass is 11.3. The van der Waals surface area contributed by atoms with Crippen LogP contribution in [0.15, 0.2) is 0 Å². The van der Waals surface area contributed by atoms with Crippen LogP contribution in [0.2, 0.25) is 0 Å². The Labute approximate surface area is 28.1 Å².